The van der Waals surface area contributed by atoms with Gasteiger partial charge in [-0.1, -0.05) is 13.0 Å². The maximum atomic E-state index is 6.35. The van der Waals surface area contributed by atoms with Crippen LogP contribution in [0.2, 0.25) is 0 Å². The SMILES string of the molecule is CC1CCC(N)(Cc2cccs2)C1. The second-order valence-corrected chi connectivity index (χ2v) is 5.50. The average molecular weight is 195 g/mol. The van der Waals surface area contributed by atoms with E-state index in [1.54, 1.807) is 0 Å². The van der Waals surface area contributed by atoms with Crippen LogP contribution in [0.1, 0.15) is 31.1 Å². The van der Waals surface area contributed by atoms with Gasteiger partial charge in [0.15, 0.2) is 0 Å². The van der Waals surface area contributed by atoms with Gasteiger partial charge in [-0.05, 0) is 43.0 Å². The van der Waals surface area contributed by atoms with E-state index in [-0.39, 0.29) is 5.54 Å². The van der Waals surface area contributed by atoms with E-state index in [4.69, 9.17) is 5.73 Å². The minimum Gasteiger partial charge on any atom is -0.325 e. The largest absolute Gasteiger partial charge is 0.325 e. The third-order valence-corrected chi connectivity index (χ3v) is 3.87. The molecule has 2 atom stereocenters. The molecule has 1 heterocycles. The number of hydrogen-bond acceptors (Lipinski definition) is 2. The number of rotatable bonds is 2. The Hall–Kier alpha value is -0.340. The summed E-state index contributed by atoms with van der Waals surface area (Å²) >= 11 is 1.83. The highest BCUT2D eigenvalue weighted by Gasteiger charge is 2.33. The molecular weight excluding hydrogens is 178 g/mol. The molecule has 0 amide bonds. The summed E-state index contributed by atoms with van der Waals surface area (Å²) in [6, 6.07) is 4.31. The topological polar surface area (TPSA) is 26.0 Å². The molecule has 2 unspecified atom stereocenters. The van der Waals surface area contributed by atoms with Crippen molar-refractivity contribution in [2.75, 3.05) is 0 Å². The Kier molecular flexibility index (Phi) is 2.43. The minimum absolute atomic E-state index is 0.101. The molecule has 0 radical (unpaired) electrons. The van der Waals surface area contributed by atoms with Gasteiger partial charge in [0.2, 0.25) is 0 Å². The van der Waals surface area contributed by atoms with Crippen molar-refractivity contribution in [3.8, 4) is 0 Å². The molecule has 1 aromatic heterocycles. The van der Waals surface area contributed by atoms with Crippen LogP contribution < -0.4 is 5.73 Å². The van der Waals surface area contributed by atoms with Gasteiger partial charge in [0, 0.05) is 10.4 Å². The molecule has 1 saturated carbocycles. The Morgan fingerprint density at radius 2 is 2.54 bits per heavy atom. The van der Waals surface area contributed by atoms with Crippen LogP contribution in [0.3, 0.4) is 0 Å². The molecule has 1 aliphatic carbocycles. The summed E-state index contributed by atoms with van der Waals surface area (Å²) in [5, 5.41) is 2.14. The first kappa shape index (κ1) is 9.22. The van der Waals surface area contributed by atoms with E-state index < -0.39 is 0 Å². The van der Waals surface area contributed by atoms with Gasteiger partial charge in [-0.2, -0.15) is 0 Å². The molecule has 0 aliphatic heterocycles. The van der Waals surface area contributed by atoms with E-state index >= 15 is 0 Å². The lowest BCUT2D eigenvalue weighted by molar-refractivity contribution is 0.422. The summed E-state index contributed by atoms with van der Waals surface area (Å²) in [6.45, 7) is 2.31. The average Bonchev–Trinajstić information content (AvgIpc) is 2.62. The van der Waals surface area contributed by atoms with Crippen molar-refractivity contribution in [1.82, 2.24) is 0 Å². The maximum absolute atomic E-state index is 6.35. The molecule has 1 aromatic rings. The van der Waals surface area contributed by atoms with Crippen LogP contribution in [0.25, 0.3) is 0 Å². The second kappa shape index (κ2) is 3.43. The molecule has 0 spiro atoms. The molecule has 13 heavy (non-hydrogen) atoms. The minimum atomic E-state index is 0.101. The predicted octanol–water partition coefficient (Wildman–Crippen LogP) is 2.81. The summed E-state index contributed by atoms with van der Waals surface area (Å²) in [5.41, 5.74) is 6.45. The zero-order chi connectivity index (χ0) is 9.31. The fourth-order valence-electron chi connectivity index (χ4n) is 2.35. The van der Waals surface area contributed by atoms with Crippen molar-refractivity contribution in [3.05, 3.63) is 22.4 Å². The predicted molar refractivity (Wildman–Crippen MR) is 58.0 cm³/mol. The molecule has 1 aliphatic rings. The van der Waals surface area contributed by atoms with E-state index in [0.29, 0.717) is 0 Å². The van der Waals surface area contributed by atoms with Crippen molar-refractivity contribution < 1.29 is 0 Å². The molecule has 72 valence electrons. The van der Waals surface area contributed by atoms with E-state index in [9.17, 15) is 0 Å². The van der Waals surface area contributed by atoms with Gasteiger partial charge in [-0.15, -0.1) is 11.3 Å². The molecule has 0 saturated heterocycles. The van der Waals surface area contributed by atoms with Crippen LogP contribution >= 0.6 is 11.3 Å². The summed E-state index contributed by atoms with van der Waals surface area (Å²) in [4.78, 5) is 1.44. The smallest absolute Gasteiger partial charge is 0.0205 e. The molecule has 0 aromatic carbocycles. The molecule has 0 bridgehead atoms. The Balaban J connectivity index is 2.01. The Morgan fingerprint density at radius 1 is 1.69 bits per heavy atom. The summed E-state index contributed by atoms with van der Waals surface area (Å²) < 4.78 is 0. The van der Waals surface area contributed by atoms with E-state index in [1.807, 2.05) is 11.3 Å². The molecular formula is C11H17NS. The standard InChI is InChI=1S/C11H17NS/c1-9-4-5-11(12,7-9)8-10-3-2-6-13-10/h2-3,6,9H,4-5,7-8,12H2,1H3. The zero-order valence-electron chi connectivity index (χ0n) is 8.12. The van der Waals surface area contributed by atoms with E-state index in [1.165, 1.54) is 24.1 Å². The highest BCUT2D eigenvalue weighted by molar-refractivity contribution is 7.09. The first-order valence-corrected chi connectivity index (χ1v) is 5.87. The lowest BCUT2D eigenvalue weighted by atomic mass is 9.93. The monoisotopic (exact) mass is 195 g/mol. The summed E-state index contributed by atoms with van der Waals surface area (Å²) in [5.74, 6) is 0.824. The van der Waals surface area contributed by atoms with Gasteiger partial charge in [0.1, 0.15) is 0 Å². The lowest BCUT2D eigenvalue weighted by Crippen LogP contribution is -2.38. The van der Waals surface area contributed by atoms with Crippen molar-refractivity contribution in [1.29, 1.82) is 0 Å². The van der Waals surface area contributed by atoms with Crippen molar-refractivity contribution >= 4 is 11.3 Å². The van der Waals surface area contributed by atoms with E-state index in [0.717, 1.165) is 12.3 Å². The van der Waals surface area contributed by atoms with Gasteiger partial charge < -0.3 is 5.73 Å². The quantitative estimate of drug-likeness (QED) is 0.771. The number of nitrogens with two attached hydrogens (primary N) is 1. The van der Waals surface area contributed by atoms with Crippen LogP contribution in [0.5, 0.6) is 0 Å². The van der Waals surface area contributed by atoms with Crippen LogP contribution in [-0.2, 0) is 6.42 Å². The van der Waals surface area contributed by atoms with Gasteiger partial charge in [-0.25, -0.2) is 0 Å². The summed E-state index contributed by atoms with van der Waals surface area (Å²) in [6.07, 6.45) is 4.79. The maximum Gasteiger partial charge on any atom is 0.0205 e. The number of thiophene rings is 1. The Bertz CT molecular complexity index is 268. The molecule has 2 rings (SSSR count). The lowest BCUT2D eigenvalue weighted by Gasteiger charge is -2.23. The second-order valence-electron chi connectivity index (χ2n) is 4.47. The first-order chi connectivity index (χ1) is 6.18. The van der Waals surface area contributed by atoms with Crippen LogP contribution in [0, 0.1) is 5.92 Å². The van der Waals surface area contributed by atoms with Crippen molar-refractivity contribution in [2.24, 2.45) is 11.7 Å². The molecule has 2 heteroatoms. The first-order valence-electron chi connectivity index (χ1n) is 4.99. The third kappa shape index (κ3) is 2.12. The molecule has 1 nitrogen and oxygen atoms in total. The summed E-state index contributed by atoms with van der Waals surface area (Å²) in [7, 11) is 0. The van der Waals surface area contributed by atoms with Crippen LogP contribution in [-0.4, -0.2) is 5.54 Å². The van der Waals surface area contributed by atoms with Gasteiger partial charge >= 0.3 is 0 Å². The highest BCUT2D eigenvalue weighted by Crippen LogP contribution is 2.35. The zero-order valence-corrected chi connectivity index (χ0v) is 8.94. The Morgan fingerprint density at radius 3 is 3.08 bits per heavy atom. The third-order valence-electron chi connectivity index (χ3n) is 3.00. The van der Waals surface area contributed by atoms with Crippen molar-refractivity contribution in [3.63, 3.8) is 0 Å². The molecule has 2 N–H and O–H groups in total. The normalized spacial score (nSPS) is 33.8. The fraction of sp³-hybridized carbons (Fsp3) is 0.636. The van der Waals surface area contributed by atoms with Gasteiger partial charge in [0.25, 0.3) is 0 Å². The Labute approximate surface area is 84.0 Å². The van der Waals surface area contributed by atoms with Gasteiger partial charge in [0.05, 0.1) is 0 Å². The fourth-order valence-corrected chi connectivity index (χ4v) is 3.21. The van der Waals surface area contributed by atoms with Crippen molar-refractivity contribution in [2.45, 2.75) is 38.1 Å². The van der Waals surface area contributed by atoms with Crippen LogP contribution in [0.15, 0.2) is 17.5 Å². The molecule has 1 fully saturated rings. The highest BCUT2D eigenvalue weighted by atomic mass is 32.1. The van der Waals surface area contributed by atoms with E-state index in [2.05, 4.69) is 24.4 Å². The van der Waals surface area contributed by atoms with Crippen LogP contribution in [0.4, 0.5) is 0 Å². The number of hydrogen-bond donors (Lipinski definition) is 1. The van der Waals surface area contributed by atoms with Gasteiger partial charge in [-0.3, -0.25) is 0 Å².